The van der Waals surface area contributed by atoms with Crippen LogP contribution in [0, 0.1) is 11.3 Å². The lowest BCUT2D eigenvalue weighted by molar-refractivity contribution is 1.30. The predicted molar refractivity (Wildman–Crippen MR) is 79.8 cm³/mol. The number of rotatable bonds is 2. The minimum atomic E-state index is 0.595. The minimum absolute atomic E-state index is 0.595. The molecular formula is C18H12N2. The van der Waals surface area contributed by atoms with Crippen LogP contribution in [0.4, 0.5) is 0 Å². The number of benzene rings is 2. The molecule has 0 aliphatic rings. The van der Waals surface area contributed by atoms with Crippen molar-refractivity contribution in [1.29, 1.82) is 5.26 Å². The molecule has 0 aliphatic heterocycles. The highest BCUT2D eigenvalue weighted by Crippen LogP contribution is 2.25. The van der Waals surface area contributed by atoms with E-state index >= 15 is 0 Å². The maximum Gasteiger partial charge on any atom is 0.101 e. The van der Waals surface area contributed by atoms with Gasteiger partial charge in [0.2, 0.25) is 0 Å². The fourth-order valence-corrected chi connectivity index (χ4v) is 2.16. The van der Waals surface area contributed by atoms with Crippen LogP contribution in [-0.2, 0) is 0 Å². The molecule has 0 unspecified atom stereocenters. The Kier molecular flexibility index (Phi) is 3.26. The van der Waals surface area contributed by atoms with E-state index in [9.17, 15) is 5.26 Å². The fourth-order valence-electron chi connectivity index (χ4n) is 2.16. The van der Waals surface area contributed by atoms with Crippen LogP contribution < -0.4 is 0 Å². The van der Waals surface area contributed by atoms with Gasteiger partial charge in [-0.25, -0.2) is 0 Å². The summed E-state index contributed by atoms with van der Waals surface area (Å²) in [5.41, 5.74) is 4.31. The summed E-state index contributed by atoms with van der Waals surface area (Å²) in [5, 5.41) is 9.36. The number of hydrogen-bond donors (Lipinski definition) is 0. The van der Waals surface area contributed by atoms with Gasteiger partial charge in [-0.1, -0.05) is 60.7 Å². The van der Waals surface area contributed by atoms with E-state index in [2.05, 4.69) is 11.1 Å². The van der Waals surface area contributed by atoms with Gasteiger partial charge >= 0.3 is 0 Å². The Morgan fingerprint density at radius 3 is 1.95 bits per heavy atom. The quantitative estimate of drug-likeness (QED) is 0.686. The van der Waals surface area contributed by atoms with Crippen LogP contribution in [0.15, 0.2) is 72.9 Å². The maximum absolute atomic E-state index is 9.36. The normalized spacial score (nSPS) is 9.95. The third-order valence-corrected chi connectivity index (χ3v) is 3.16. The van der Waals surface area contributed by atoms with Gasteiger partial charge < -0.3 is 0 Å². The summed E-state index contributed by atoms with van der Waals surface area (Å²) in [6.45, 7) is 0. The highest BCUT2D eigenvalue weighted by Gasteiger charge is 2.08. The molecule has 2 heteroatoms. The van der Waals surface area contributed by atoms with E-state index in [-0.39, 0.29) is 0 Å². The summed E-state index contributed by atoms with van der Waals surface area (Å²) >= 11 is 0. The first-order valence-electron chi connectivity index (χ1n) is 6.39. The van der Waals surface area contributed by atoms with Crippen molar-refractivity contribution in [2.24, 2.45) is 0 Å². The van der Waals surface area contributed by atoms with Crippen LogP contribution in [0.1, 0.15) is 5.56 Å². The van der Waals surface area contributed by atoms with E-state index in [1.54, 1.807) is 0 Å². The Morgan fingerprint density at radius 2 is 1.35 bits per heavy atom. The van der Waals surface area contributed by atoms with E-state index in [1.165, 1.54) is 0 Å². The van der Waals surface area contributed by atoms with Crippen LogP contribution in [0.5, 0.6) is 0 Å². The van der Waals surface area contributed by atoms with Crippen LogP contribution >= 0.6 is 0 Å². The molecule has 3 aromatic rings. The Balaban J connectivity index is 2.11. The van der Waals surface area contributed by atoms with Crippen LogP contribution in [0.2, 0.25) is 0 Å². The summed E-state index contributed by atoms with van der Waals surface area (Å²) in [5.74, 6) is 0. The third-order valence-electron chi connectivity index (χ3n) is 3.16. The molecule has 20 heavy (non-hydrogen) atoms. The van der Waals surface area contributed by atoms with E-state index in [0.29, 0.717) is 5.56 Å². The molecule has 0 saturated heterocycles. The SMILES string of the molecule is N#Cc1cc(-c2ccccc2)cnc1-c1ccccc1. The molecule has 3 rings (SSSR count). The Labute approximate surface area is 118 Å². The predicted octanol–water partition coefficient (Wildman–Crippen LogP) is 4.29. The second-order valence-electron chi connectivity index (χ2n) is 4.46. The molecule has 1 aromatic heterocycles. The highest BCUT2D eigenvalue weighted by atomic mass is 14.7. The second kappa shape index (κ2) is 5.38. The van der Waals surface area contributed by atoms with Crippen molar-refractivity contribution in [2.45, 2.75) is 0 Å². The highest BCUT2D eigenvalue weighted by molar-refractivity contribution is 5.72. The first-order chi connectivity index (χ1) is 9.88. The Bertz CT molecular complexity index is 756. The van der Waals surface area contributed by atoms with Gasteiger partial charge in [0, 0.05) is 17.3 Å². The number of aromatic nitrogens is 1. The van der Waals surface area contributed by atoms with Gasteiger partial charge in [0.15, 0.2) is 0 Å². The van der Waals surface area contributed by atoms with Crippen molar-refractivity contribution < 1.29 is 0 Å². The topological polar surface area (TPSA) is 36.7 Å². The molecule has 0 atom stereocenters. The van der Waals surface area contributed by atoms with Gasteiger partial charge in [0.25, 0.3) is 0 Å². The maximum atomic E-state index is 9.36. The van der Waals surface area contributed by atoms with Crippen molar-refractivity contribution in [3.8, 4) is 28.5 Å². The molecule has 0 fully saturated rings. The monoisotopic (exact) mass is 256 g/mol. The number of hydrogen-bond acceptors (Lipinski definition) is 2. The van der Waals surface area contributed by atoms with Crippen molar-refractivity contribution in [3.63, 3.8) is 0 Å². The largest absolute Gasteiger partial charge is 0.254 e. The van der Waals surface area contributed by atoms with Gasteiger partial charge in [-0.2, -0.15) is 5.26 Å². The Morgan fingerprint density at radius 1 is 0.750 bits per heavy atom. The van der Waals surface area contributed by atoms with Crippen molar-refractivity contribution in [1.82, 2.24) is 4.98 Å². The van der Waals surface area contributed by atoms with Crippen molar-refractivity contribution in [3.05, 3.63) is 78.5 Å². The summed E-state index contributed by atoms with van der Waals surface area (Å²) in [7, 11) is 0. The standard InChI is InChI=1S/C18H12N2/c19-12-16-11-17(14-7-3-1-4-8-14)13-20-18(16)15-9-5-2-6-10-15/h1-11,13H. The van der Waals surface area contributed by atoms with Crippen LogP contribution in [-0.4, -0.2) is 4.98 Å². The lowest BCUT2D eigenvalue weighted by Crippen LogP contribution is -1.90. The molecule has 0 aliphatic carbocycles. The van der Waals surface area contributed by atoms with Crippen LogP contribution in [0.25, 0.3) is 22.4 Å². The summed E-state index contributed by atoms with van der Waals surface area (Å²) in [6, 6.07) is 23.9. The molecule has 0 N–H and O–H groups in total. The number of nitriles is 1. The van der Waals surface area contributed by atoms with E-state index in [0.717, 1.165) is 22.4 Å². The van der Waals surface area contributed by atoms with E-state index in [1.807, 2.05) is 72.9 Å². The lowest BCUT2D eigenvalue weighted by Gasteiger charge is -2.06. The van der Waals surface area contributed by atoms with Gasteiger partial charge in [0.1, 0.15) is 6.07 Å². The zero-order valence-corrected chi connectivity index (χ0v) is 10.8. The molecular weight excluding hydrogens is 244 g/mol. The van der Waals surface area contributed by atoms with E-state index < -0.39 is 0 Å². The van der Waals surface area contributed by atoms with Crippen LogP contribution in [0.3, 0.4) is 0 Å². The zero-order valence-electron chi connectivity index (χ0n) is 10.8. The molecule has 2 nitrogen and oxygen atoms in total. The molecule has 0 amide bonds. The van der Waals surface area contributed by atoms with Crippen molar-refractivity contribution in [2.75, 3.05) is 0 Å². The Hall–Kier alpha value is -2.92. The first-order valence-corrected chi connectivity index (χ1v) is 6.39. The molecule has 94 valence electrons. The van der Waals surface area contributed by atoms with Gasteiger partial charge in [0.05, 0.1) is 11.3 Å². The smallest absolute Gasteiger partial charge is 0.101 e. The summed E-state index contributed by atoms with van der Waals surface area (Å²) in [4.78, 5) is 4.47. The summed E-state index contributed by atoms with van der Waals surface area (Å²) in [6.07, 6.45) is 1.82. The molecule has 2 aromatic carbocycles. The second-order valence-corrected chi connectivity index (χ2v) is 4.46. The fraction of sp³-hybridized carbons (Fsp3) is 0. The van der Waals surface area contributed by atoms with Crippen molar-refractivity contribution >= 4 is 0 Å². The third kappa shape index (κ3) is 2.30. The summed E-state index contributed by atoms with van der Waals surface area (Å²) < 4.78 is 0. The first kappa shape index (κ1) is 12.1. The molecule has 0 saturated carbocycles. The van der Waals surface area contributed by atoms with Gasteiger partial charge in [-0.05, 0) is 11.6 Å². The van der Waals surface area contributed by atoms with E-state index in [4.69, 9.17) is 0 Å². The number of pyridine rings is 1. The molecule has 0 spiro atoms. The molecule has 0 bridgehead atoms. The number of nitrogens with zero attached hydrogens (tertiary/aromatic N) is 2. The minimum Gasteiger partial charge on any atom is -0.254 e. The average Bonchev–Trinajstić information content (AvgIpc) is 2.56. The molecule has 1 heterocycles. The van der Waals surface area contributed by atoms with Gasteiger partial charge in [-0.15, -0.1) is 0 Å². The average molecular weight is 256 g/mol. The zero-order chi connectivity index (χ0) is 13.8. The molecule has 0 radical (unpaired) electrons. The van der Waals surface area contributed by atoms with Gasteiger partial charge in [-0.3, -0.25) is 4.98 Å². The lowest BCUT2D eigenvalue weighted by atomic mass is 10.0.